The Morgan fingerprint density at radius 1 is 1.00 bits per heavy atom. The summed E-state index contributed by atoms with van der Waals surface area (Å²) >= 11 is 1.29. The van der Waals surface area contributed by atoms with E-state index in [1.807, 2.05) is 80.1 Å². The Morgan fingerprint density at radius 3 is 2.50 bits per heavy atom. The molecule has 2 heterocycles. The number of tetrazole rings is 1. The standard InChI is InChI=1S/C21H21N7OS/c1-14-9-7-8-12-18(14)28-21(23-25-26-28)30-13-19(29)22-20-15(2)24-27(16(20)3)17-10-5-4-6-11-17/h4-12H,13H2,1-3H3,(H,22,29). The third kappa shape index (κ3) is 3.97. The van der Waals surface area contributed by atoms with Crippen molar-refractivity contribution >= 4 is 23.4 Å². The van der Waals surface area contributed by atoms with Crippen molar-refractivity contribution in [3.8, 4) is 11.4 Å². The number of hydrogen-bond donors (Lipinski definition) is 1. The van der Waals surface area contributed by atoms with Gasteiger partial charge in [0.15, 0.2) is 0 Å². The second-order valence-corrected chi connectivity index (χ2v) is 7.73. The van der Waals surface area contributed by atoms with Gasteiger partial charge in [0.25, 0.3) is 0 Å². The number of hydrogen-bond acceptors (Lipinski definition) is 6. The van der Waals surface area contributed by atoms with Crippen LogP contribution in [0.15, 0.2) is 59.8 Å². The van der Waals surface area contributed by atoms with Crippen molar-refractivity contribution in [3.63, 3.8) is 0 Å². The van der Waals surface area contributed by atoms with Crippen molar-refractivity contribution < 1.29 is 4.79 Å². The van der Waals surface area contributed by atoms with Crippen LogP contribution in [0.2, 0.25) is 0 Å². The summed E-state index contributed by atoms with van der Waals surface area (Å²) in [4.78, 5) is 12.6. The first-order valence-electron chi connectivity index (χ1n) is 9.43. The number of thioether (sulfide) groups is 1. The van der Waals surface area contributed by atoms with Crippen molar-refractivity contribution in [1.29, 1.82) is 0 Å². The van der Waals surface area contributed by atoms with E-state index in [0.29, 0.717) is 5.16 Å². The van der Waals surface area contributed by atoms with Gasteiger partial charge < -0.3 is 5.32 Å². The first-order valence-corrected chi connectivity index (χ1v) is 10.4. The number of carbonyl (C=O) groups is 1. The molecular formula is C21H21N7OS. The minimum atomic E-state index is -0.141. The van der Waals surface area contributed by atoms with Gasteiger partial charge in [-0.05, 0) is 55.0 Å². The Balaban J connectivity index is 1.47. The van der Waals surface area contributed by atoms with Crippen LogP contribution in [0.3, 0.4) is 0 Å². The molecule has 9 heteroatoms. The van der Waals surface area contributed by atoms with Crippen LogP contribution in [-0.4, -0.2) is 41.6 Å². The topological polar surface area (TPSA) is 90.5 Å². The number of para-hydroxylation sites is 2. The van der Waals surface area contributed by atoms with Crippen LogP contribution in [-0.2, 0) is 4.79 Å². The number of benzene rings is 2. The molecule has 0 saturated heterocycles. The molecule has 1 amide bonds. The first kappa shape index (κ1) is 19.8. The average molecular weight is 420 g/mol. The van der Waals surface area contributed by atoms with Gasteiger partial charge in [-0.3, -0.25) is 4.79 Å². The van der Waals surface area contributed by atoms with E-state index in [9.17, 15) is 4.79 Å². The molecule has 0 unspecified atom stereocenters. The van der Waals surface area contributed by atoms with Gasteiger partial charge in [-0.1, -0.05) is 48.2 Å². The highest BCUT2D eigenvalue weighted by Gasteiger charge is 2.17. The van der Waals surface area contributed by atoms with Crippen LogP contribution in [0.4, 0.5) is 5.69 Å². The molecule has 1 N–H and O–H groups in total. The second kappa shape index (κ2) is 8.50. The Labute approximate surface area is 178 Å². The quantitative estimate of drug-likeness (QED) is 0.481. The summed E-state index contributed by atoms with van der Waals surface area (Å²) in [6.07, 6.45) is 0. The zero-order chi connectivity index (χ0) is 21.1. The maximum absolute atomic E-state index is 12.6. The molecule has 2 aromatic carbocycles. The summed E-state index contributed by atoms with van der Waals surface area (Å²) in [6.45, 7) is 5.82. The third-order valence-electron chi connectivity index (χ3n) is 4.67. The van der Waals surface area contributed by atoms with Crippen molar-refractivity contribution in [1.82, 2.24) is 30.0 Å². The number of nitrogens with one attached hydrogen (secondary N) is 1. The fourth-order valence-corrected chi connectivity index (χ4v) is 3.85. The van der Waals surface area contributed by atoms with E-state index in [1.165, 1.54) is 11.8 Å². The largest absolute Gasteiger partial charge is 0.322 e. The van der Waals surface area contributed by atoms with Gasteiger partial charge in [-0.15, -0.1) is 5.10 Å². The van der Waals surface area contributed by atoms with Crippen LogP contribution < -0.4 is 5.32 Å². The van der Waals surface area contributed by atoms with Crippen molar-refractivity contribution in [2.24, 2.45) is 0 Å². The molecule has 4 aromatic rings. The van der Waals surface area contributed by atoms with Crippen LogP contribution in [0.1, 0.15) is 17.0 Å². The van der Waals surface area contributed by atoms with Crippen molar-refractivity contribution in [2.75, 3.05) is 11.1 Å². The Kier molecular flexibility index (Phi) is 5.62. The Hall–Kier alpha value is -3.46. The minimum absolute atomic E-state index is 0.141. The van der Waals surface area contributed by atoms with E-state index in [4.69, 9.17) is 0 Å². The van der Waals surface area contributed by atoms with Gasteiger partial charge >= 0.3 is 0 Å². The van der Waals surface area contributed by atoms with E-state index in [-0.39, 0.29) is 11.7 Å². The highest BCUT2D eigenvalue weighted by atomic mass is 32.2. The predicted octanol–water partition coefficient (Wildman–Crippen LogP) is 3.50. The maximum Gasteiger partial charge on any atom is 0.234 e. The third-order valence-corrected chi connectivity index (χ3v) is 5.59. The fraction of sp³-hybridized carbons (Fsp3) is 0.190. The van der Waals surface area contributed by atoms with Crippen LogP contribution in [0, 0.1) is 20.8 Å². The highest BCUT2D eigenvalue weighted by Crippen LogP contribution is 2.24. The summed E-state index contributed by atoms with van der Waals surface area (Å²) < 4.78 is 3.48. The summed E-state index contributed by atoms with van der Waals surface area (Å²) in [7, 11) is 0. The molecule has 2 aromatic heterocycles. The Bertz CT molecular complexity index is 1180. The molecule has 0 spiro atoms. The Morgan fingerprint density at radius 2 is 1.73 bits per heavy atom. The lowest BCUT2D eigenvalue weighted by molar-refractivity contribution is -0.113. The maximum atomic E-state index is 12.6. The number of aryl methyl sites for hydroxylation is 2. The predicted molar refractivity (Wildman–Crippen MR) is 116 cm³/mol. The molecule has 30 heavy (non-hydrogen) atoms. The van der Waals surface area contributed by atoms with Crippen LogP contribution in [0.5, 0.6) is 0 Å². The number of nitrogens with zero attached hydrogens (tertiary/aromatic N) is 6. The fourth-order valence-electron chi connectivity index (χ4n) is 3.17. The van der Waals surface area contributed by atoms with Gasteiger partial charge in [-0.25, -0.2) is 4.68 Å². The van der Waals surface area contributed by atoms with Crippen molar-refractivity contribution in [2.45, 2.75) is 25.9 Å². The molecule has 0 bridgehead atoms. The van der Waals surface area contributed by atoms with Crippen molar-refractivity contribution in [3.05, 3.63) is 71.5 Å². The lowest BCUT2D eigenvalue weighted by Gasteiger charge is -2.08. The summed E-state index contributed by atoms with van der Waals surface area (Å²) in [5.74, 6) is 0.0416. The summed E-state index contributed by atoms with van der Waals surface area (Å²) in [6, 6.07) is 17.7. The highest BCUT2D eigenvalue weighted by molar-refractivity contribution is 7.99. The van der Waals surface area contributed by atoms with Gasteiger partial charge in [0, 0.05) is 0 Å². The number of anilines is 1. The molecular weight excluding hydrogens is 398 g/mol. The van der Waals surface area contributed by atoms with Gasteiger partial charge in [0.1, 0.15) is 0 Å². The molecule has 0 aliphatic heterocycles. The molecule has 0 aliphatic carbocycles. The second-order valence-electron chi connectivity index (χ2n) is 6.79. The summed E-state index contributed by atoms with van der Waals surface area (Å²) in [5.41, 5.74) is 5.26. The molecule has 0 radical (unpaired) electrons. The zero-order valence-corrected chi connectivity index (χ0v) is 17.7. The van der Waals surface area contributed by atoms with Gasteiger partial charge in [0.2, 0.25) is 11.1 Å². The van der Waals surface area contributed by atoms with E-state index in [2.05, 4.69) is 25.9 Å². The van der Waals surface area contributed by atoms with E-state index >= 15 is 0 Å². The summed E-state index contributed by atoms with van der Waals surface area (Å²) in [5, 5.41) is 20.0. The number of rotatable bonds is 6. The van der Waals surface area contributed by atoms with E-state index in [1.54, 1.807) is 4.68 Å². The molecule has 0 atom stereocenters. The zero-order valence-electron chi connectivity index (χ0n) is 16.9. The lowest BCUT2D eigenvalue weighted by atomic mass is 10.2. The SMILES string of the molecule is Cc1ccccc1-n1nnnc1SCC(=O)Nc1c(C)nn(-c2ccccc2)c1C. The molecule has 0 saturated carbocycles. The number of carbonyl (C=O) groups excluding carboxylic acids is 1. The lowest BCUT2D eigenvalue weighted by Crippen LogP contribution is -2.16. The van der Waals surface area contributed by atoms with Crippen LogP contribution in [0.25, 0.3) is 11.4 Å². The molecule has 4 rings (SSSR count). The number of aromatic nitrogens is 6. The van der Waals surface area contributed by atoms with E-state index < -0.39 is 0 Å². The smallest absolute Gasteiger partial charge is 0.234 e. The van der Waals surface area contributed by atoms with Gasteiger partial charge in [-0.2, -0.15) is 9.78 Å². The molecule has 0 fully saturated rings. The van der Waals surface area contributed by atoms with Crippen LogP contribution >= 0.6 is 11.8 Å². The minimum Gasteiger partial charge on any atom is -0.322 e. The number of amides is 1. The molecule has 8 nitrogen and oxygen atoms in total. The molecule has 152 valence electrons. The normalized spacial score (nSPS) is 10.9. The monoisotopic (exact) mass is 419 g/mol. The molecule has 0 aliphatic rings. The van der Waals surface area contributed by atoms with Gasteiger partial charge in [0.05, 0.1) is 34.2 Å². The first-order chi connectivity index (χ1) is 14.5. The van der Waals surface area contributed by atoms with E-state index in [0.717, 1.165) is 34.0 Å². The average Bonchev–Trinajstić information content (AvgIpc) is 3.33.